The highest BCUT2D eigenvalue weighted by Gasteiger charge is 2.29. The summed E-state index contributed by atoms with van der Waals surface area (Å²) in [4.78, 5) is 15.1. The second-order valence-corrected chi connectivity index (χ2v) is 10.1. The average Bonchev–Trinajstić information content (AvgIpc) is 2.74. The van der Waals surface area contributed by atoms with Gasteiger partial charge in [-0.05, 0) is 56.1 Å². The summed E-state index contributed by atoms with van der Waals surface area (Å²) in [6.07, 6.45) is 4.61. The Morgan fingerprint density at radius 3 is 2.41 bits per heavy atom. The van der Waals surface area contributed by atoms with E-state index in [0.29, 0.717) is 0 Å². The highest BCUT2D eigenvalue weighted by molar-refractivity contribution is 7.92. The molecule has 3 rings (SSSR count). The van der Waals surface area contributed by atoms with Gasteiger partial charge in [0.05, 0.1) is 11.9 Å². The molecule has 1 unspecified atom stereocenters. The molecule has 1 N–H and O–H groups in total. The van der Waals surface area contributed by atoms with Crippen LogP contribution in [-0.2, 0) is 27.9 Å². The van der Waals surface area contributed by atoms with E-state index < -0.39 is 33.6 Å². The summed E-state index contributed by atoms with van der Waals surface area (Å²) in [5.74, 6) is -2.82. The summed E-state index contributed by atoms with van der Waals surface area (Å²) in [6, 6.07) is 9.51. The van der Waals surface area contributed by atoms with E-state index in [1.54, 1.807) is 0 Å². The Morgan fingerprint density at radius 2 is 1.75 bits per heavy atom. The van der Waals surface area contributed by atoms with E-state index in [1.807, 2.05) is 18.2 Å². The van der Waals surface area contributed by atoms with Crippen molar-refractivity contribution in [3.05, 3.63) is 65.2 Å². The van der Waals surface area contributed by atoms with Crippen molar-refractivity contribution in [2.75, 3.05) is 23.7 Å². The van der Waals surface area contributed by atoms with Crippen LogP contribution in [0.4, 0.5) is 14.5 Å². The van der Waals surface area contributed by atoms with E-state index in [-0.39, 0.29) is 12.2 Å². The van der Waals surface area contributed by atoms with Gasteiger partial charge in [-0.15, -0.1) is 0 Å². The van der Waals surface area contributed by atoms with Gasteiger partial charge in [-0.2, -0.15) is 0 Å². The number of nitrogens with zero attached hydrogens (tertiary/aromatic N) is 2. The summed E-state index contributed by atoms with van der Waals surface area (Å²) in [6.45, 7) is 4.67. The van der Waals surface area contributed by atoms with Crippen LogP contribution < -0.4 is 9.62 Å². The molecule has 32 heavy (non-hydrogen) atoms. The van der Waals surface area contributed by atoms with Crippen molar-refractivity contribution in [2.45, 2.75) is 45.3 Å². The molecule has 1 fully saturated rings. The molecule has 6 nitrogen and oxygen atoms in total. The number of halogens is 2. The van der Waals surface area contributed by atoms with E-state index in [1.165, 1.54) is 26.2 Å². The molecule has 0 aliphatic carbocycles. The number of carbonyl (C=O) groups is 1. The highest BCUT2D eigenvalue weighted by atomic mass is 32.2. The fourth-order valence-electron chi connectivity index (χ4n) is 3.98. The van der Waals surface area contributed by atoms with Crippen LogP contribution in [-0.4, -0.2) is 44.6 Å². The van der Waals surface area contributed by atoms with Gasteiger partial charge in [0.1, 0.15) is 6.04 Å². The lowest BCUT2D eigenvalue weighted by atomic mass is 10.1. The third-order valence-electron chi connectivity index (χ3n) is 5.56. The van der Waals surface area contributed by atoms with Crippen LogP contribution in [0.15, 0.2) is 42.5 Å². The van der Waals surface area contributed by atoms with Crippen LogP contribution in [0.5, 0.6) is 0 Å². The maximum atomic E-state index is 13.7. The predicted octanol–water partition coefficient (Wildman–Crippen LogP) is 3.42. The van der Waals surface area contributed by atoms with Gasteiger partial charge in [-0.3, -0.25) is 14.0 Å². The molecule has 2 aromatic carbocycles. The summed E-state index contributed by atoms with van der Waals surface area (Å²) >= 11 is 0. The van der Waals surface area contributed by atoms with E-state index in [4.69, 9.17) is 0 Å². The number of amides is 1. The molecule has 0 spiro atoms. The number of hydrogen-bond acceptors (Lipinski definition) is 4. The second kappa shape index (κ2) is 10.4. The zero-order chi connectivity index (χ0) is 23.3. The van der Waals surface area contributed by atoms with Crippen molar-refractivity contribution in [3.8, 4) is 0 Å². The van der Waals surface area contributed by atoms with Crippen LogP contribution in [0.25, 0.3) is 0 Å². The highest BCUT2D eigenvalue weighted by Crippen LogP contribution is 2.23. The van der Waals surface area contributed by atoms with Crippen LogP contribution >= 0.6 is 0 Å². The van der Waals surface area contributed by atoms with Crippen LogP contribution in [0.3, 0.4) is 0 Å². The largest absolute Gasteiger partial charge is 0.350 e. The standard InChI is InChI=1S/C23H29F2N3O3S/c1-17(28(32(2,30)31)20-9-10-21(24)22(25)14-20)23(29)26-15-18-7-6-8-19(13-18)16-27-11-4-3-5-12-27/h6-10,13-14,17H,3-5,11-12,15-16H2,1-2H3,(H,26,29). The average molecular weight is 466 g/mol. The van der Waals surface area contributed by atoms with Crippen molar-refractivity contribution in [3.63, 3.8) is 0 Å². The molecule has 1 heterocycles. The van der Waals surface area contributed by atoms with Gasteiger partial charge in [-0.25, -0.2) is 17.2 Å². The number of hydrogen-bond donors (Lipinski definition) is 1. The summed E-state index contributed by atoms with van der Waals surface area (Å²) in [7, 11) is -3.92. The lowest BCUT2D eigenvalue weighted by Crippen LogP contribution is -2.47. The Labute approximate surface area is 188 Å². The number of rotatable bonds is 8. The van der Waals surface area contributed by atoms with Crippen molar-refractivity contribution >= 4 is 21.6 Å². The molecule has 1 atom stereocenters. The molecule has 9 heteroatoms. The monoisotopic (exact) mass is 465 g/mol. The second-order valence-electron chi connectivity index (χ2n) is 8.21. The first-order valence-electron chi connectivity index (χ1n) is 10.7. The molecule has 0 aromatic heterocycles. The first-order chi connectivity index (χ1) is 15.1. The molecule has 1 aliphatic heterocycles. The van der Waals surface area contributed by atoms with Crippen LogP contribution in [0, 0.1) is 11.6 Å². The van der Waals surface area contributed by atoms with Gasteiger partial charge < -0.3 is 5.32 Å². The molecule has 174 valence electrons. The minimum absolute atomic E-state index is 0.113. The van der Waals surface area contributed by atoms with Gasteiger partial charge in [0.2, 0.25) is 15.9 Å². The van der Waals surface area contributed by atoms with Crippen LogP contribution in [0.1, 0.15) is 37.3 Å². The summed E-state index contributed by atoms with van der Waals surface area (Å²) in [5, 5.41) is 2.75. The van der Waals surface area contributed by atoms with E-state index in [0.717, 1.165) is 59.5 Å². The third kappa shape index (κ3) is 6.26. The molecule has 1 aliphatic rings. The minimum Gasteiger partial charge on any atom is -0.350 e. The smallest absolute Gasteiger partial charge is 0.243 e. The number of anilines is 1. The lowest BCUT2D eigenvalue weighted by Gasteiger charge is -2.28. The van der Waals surface area contributed by atoms with Gasteiger partial charge in [0, 0.05) is 19.2 Å². The molecule has 0 radical (unpaired) electrons. The fraction of sp³-hybridized carbons (Fsp3) is 0.435. The summed E-state index contributed by atoms with van der Waals surface area (Å²) < 4.78 is 52.4. The van der Waals surface area contributed by atoms with Gasteiger partial charge in [0.25, 0.3) is 0 Å². The molecule has 0 bridgehead atoms. The topological polar surface area (TPSA) is 69.7 Å². The number of sulfonamides is 1. The van der Waals surface area contributed by atoms with E-state index >= 15 is 0 Å². The van der Waals surface area contributed by atoms with Crippen molar-refractivity contribution in [2.24, 2.45) is 0 Å². The molecular formula is C23H29F2N3O3S. The number of likely N-dealkylation sites (tertiary alicyclic amines) is 1. The maximum Gasteiger partial charge on any atom is 0.243 e. The Kier molecular flexibility index (Phi) is 7.84. The molecular weight excluding hydrogens is 436 g/mol. The first-order valence-corrected chi connectivity index (χ1v) is 12.5. The van der Waals surface area contributed by atoms with Crippen molar-refractivity contribution in [1.82, 2.24) is 10.2 Å². The van der Waals surface area contributed by atoms with Gasteiger partial charge >= 0.3 is 0 Å². The quantitative estimate of drug-likeness (QED) is 0.649. The zero-order valence-electron chi connectivity index (χ0n) is 18.4. The Morgan fingerprint density at radius 1 is 1.06 bits per heavy atom. The Bertz CT molecular complexity index is 1060. The number of carbonyl (C=O) groups excluding carboxylic acids is 1. The number of benzene rings is 2. The maximum absolute atomic E-state index is 13.7. The number of piperidine rings is 1. The Hall–Kier alpha value is -2.52. The molecule has 2 aromatic rings. The lowest BCUT2D eigenvalue weighted by molar-refractivity contribution is -0.122. The third-order valence-corrected chi connectivity index (χ3v) is 6.80. The molecule has 1 saturated heterocycles. The molecule has 0 saturated carbocycles. The minimum atomic E-state index is -3.92. The molecule has 1 amide bonds. The van der Waals surface area contributed by atoms with Crippen molar-refractivity contribution < 1.29 is 22.0 Å². The van der Waals surface area contributed by atoms with Crippen LogP contribution in [0.2, 0.25) is 0 Å². The predicted molar refractivity (Wildman–Crippen MR) is 121 cm³/mol. The fourth-order valence-corrected chi connectivity index (χ4v) is 5.15. The zero-order valence-corrected chi connectivity index (χ0v) is 19.2. The van der Waals surface area contributed by atoms with Crippen molar-refractivity contribution in [1.29, 1.82) is 0 Å². The number of nitrogens with one attached hydrogen (secondary N) is 1. The summed E-state index contributed by atoms with van der Waals surface area (Å²) in [5.41, 5.74) is 1.95. The SMILES string of the molecule is CC(C(=O)NCc1cccc(CN2CCCCC2)c1)N(c1ccc(F)c(F)c1)S(C)(=O)=O. The van der Waals surface area contributed by atoms with Gasteiger partial charge in [-0.1, -0.05) is 30.7 Å². The van der Waals surface area contributed by atoms with Gasteiger partial charge in [0.15, 0.2) is 11.6 Å². The van der Waals surface area contributed by atoms with E-state index in [9.17, 15) is 22.0 Å². The van der Waals surface area contributed by atoms with E-state index in [2.05, 4.69) is 16.3 Å². The first kappa shape index (κ1) is 24.1. The normalized spacial score (nSPS) is 15.9. The Balaban J connectivity index is 1.67.